The van der Waals surface area contributed by atoms with Crippen molar-refractivity contribution in [2.45, 2.75) is 19.3 Å². The van der Waals surface area contributed by atoms with Gasteiger partial charge in [0.05, 0.1) is 6.54 Å². The maximum atomic E-state index is 5.99. The monoisotopic (exact) mass is 325 g/mol. The lowest BCUT2D eigenvalue weighted by atomic mass is 9.91. The Bertz CT molecular complexity index is 559. The van der Waals surface area contributed by atoms with Crippen molar-refractivity contribution < 1.29 is 4.74 Å². The number of benzene rings is 2. The zero-order valence-electron chi connectivity index (χ0n) is 14.3. The maximum absolute atomic E-state index is 5.99. The average molecular weight is 325 g/mol. The van der Waals surface area contributed by atoms with Gasteiger partial charge >= 0.3 is 0 Å². The first-order chi connectivity index (χ1) is 11.8. The molecule has 0 spiro atoms. The lowest BCUT2D eigenvalue weighted by Gasteiger charge is -2.16. The van der Waals surface area contributed by atoms with E-state index in [-0.39, 0.29) is 5.92 Å². The second-order valence-electron chi connectivity index (χ2n) is 5.58. The molecule has 0 aliphatic carbocycles. The van der Waals surface area contributed by atoms with Gasteiger partial charge < -0.3 is 15.8 Å². The van der Waals surface area contributed by atoms with Crippen LogP contribution in [0.2, 0.25) is 0 Å². The number of aliphatic imine (C=N–C) groups is 1. The van der Waals surface area contributed by atoms with Gasteiger partial charge in [-0.25, -0.2) is 0 Å². The van der Waals surface area contributed by atoms with Crippen LogP contribution in [0.5, 0.6) is 0 Å². The minimum Gasteiger partial charge on any atom is -0.382 e. The van der Waals surface area contributed by atoms with Crippen LogP contribution in [0.3, 0.4) is 0 Å². The molecule has 2 aromatic carbocycles. The molecule has 24 heavy (non-hydrogen) atoms. The topological polar surface area (TPSA) is 59.6 Å². The fourth-order valence-electron chi connectivity index (χ4n) is 2.55. The molecule has 4 heteroatoms. The van der Waals surface area contributed by atoms with E-state index in [1.54, 1.807) is 0 Å². The van der Waals surface area contributed by atoms with E-state index in [0.717, 1.165) is 26.2 Å². The molecule has 0 unspecified atom stereocenters. The summed E-state index contributed by atoms with van der Waals surface area (Å²) in [6.45, 7) is 4.89. The largest absolute Gasteiger partial charge is 0.382 e. The molecule has 128 valence electrons. The molecule has 0 heterocycles. The third-order valence-corrected chi connectivity index (χ3v) is 3.82. The highest BCUT2D eigenvalue weighted by Crippen LogP contribution is 2.24. The molecule has 2 aromatic rings. The number of nitrogens with zero attached hydrogens (tertiary/aromatic N) is 1. The van der Waals surface area contributed by atoms with Crippen LogP contribution in [0.1, 0.15) is 30.4 Å². The highest BCUT2D eigenvalue weighted by molar-refractivity contribution is 5.77. The van der Waals surface area contributed by atoms with Crippen molar-refractivity contribution in [3.8, 4) is 0 Å². The van der Waals surface area contributed by atoms with Crippen LogP contribution in [0, 0.1) is 0 Å². The standard InChI is InChI=1S/C20H27N3O/c1-2-24-15-9-14-22-20(21)23-16-19(17-10-5-3-6-11-17)18-12-7-4-8-13-18/h3-8,10-13,19H,2,9,14-16H2,1H3,(H3,21,22,23). The van der Waals surface area contributed by atoms with Crippen molar-refractivity contribution in [3.63, 3.8) is 0 Å². The van der Waals surface area contributed by atoms with Crippen molar-refractivity contribution in [1.29, 1.82) is 0 Å². The fourth-order valence-corrected chi connectivity index (χ4v) is 2.55. The van der Waals surface area contributed by atoms with Crippen LogP contribution in [0.4, 0.5) is 0 Å². The van der Waals surface area contributed by atoms with Crippen LogP contribution in [-0.4, -0.2) is 32.3 Å². The van der Waals surface area contributed by atoms with Crippen molar-refractivity contribution in [3.05, 3.63) is 71.8 Å². The Kier molecular flexibility index (Phi) is 7.84. The van der Waals surface area contributed by atoms with Crippen LogP contribution < -0.4 is 11.1 Å². The molecule has 0 bridgehead atoms. The zero-order chi connectivity index (χ0) is 17.0. The summed E-state index contributed by atoms with van der Waals surface area (Å²) in [7, 11) is 0. The number of hydrogen-bond donors (Lipinski definition) is 2. The van der Waals surface area contributed by atoms with Crippen LogP contribution in [0.25, 0.3) is 0 Å². The molecule has 0 aliphatic heterocycles. The number of nitrogens with two attached hydrogens (primary N) is 1. The number of rotatable bonds is 9. The predicted molar refractivity (Wildman–Crippen MR) is 100 cm³/mol. The smallest absolute Gasteiger partial charge is 0.188 e. The summed E-state index contributed by atoms with van der Waals surface area (Å²) >= 11 is 0. The maximum Gasteiger partial charge on any atom is 0.188 e. The fraction of sp³-hybridized carbons (Fsp3) is 0.350. The minimum atomic E-state index is 0.205. The Morgan fingerprint density at radius 1 is 1.04 bits per heavy atom. The first-order valence-corrected chi connectivity index (χ1v) is 8.52. The lowest BCUT2D eigenvalue weighted by Crippen LogP contribution is -2.33. The average Bonchev–Trinajstić information content (AvgIpc) is 2.63. The number of guanidine groups is 1. The lowest BCUT2D eigenvalue weighted by molar-refractivity contribution is 0.145. The Morgan fingerprint density at radius 2 is 1.62 bits per heavy atom. The molecule has 4 nitrogen and oxygen atoms in total. The molecule has 0 saturated heterocycles. The van der Waals surface area contributed by atoms with Gasteiger partial charge in [-0.05, 0) is 24.5 Å². The minimum absolute atomic E-state index is 0.205. The van der Waals surface area contributed by atoms with Crippen LogP contribution in [0.15, 0.2) is 65.7 Å². The van der Waals surface area contributed by atoms with Gasteiger partial charge in [-0.1, -0.05) is 60.7 Å². The van der Waals surface area contributed by atoms with E-state index in [9.17, 15) is 0 Å². The number of ether oxygens (including phenoxy) is 1. The number of hydrogen-bond acceptors (Lipinski definition) is 2. The molecular weight excluding hydrogens is 298 g/mol. The summed E-state index contributed by atoms with van der Waals surface area (Å²) < 4.78 is 5.31. The van der Waals surface area contributed by atoms with E-state index in [2.05, 4.69) is 58.8 Å². The van der Waals surface area contributed by atoms with Crippen molar-refractivity contribution >= 4 is 5.96 Å². The summed E-state index contributed by atoms with van der Waals surface area (Å²) in [4.78, 5) is 4.54. The predicted octanol–water partition coefficient (Wildman–Crippen LogP) is 3.15. The summed E-state index contributed by atoms with van der Waals surface area (Å²) in [5, 5.41) is 3.15. The van der Waals surface area contributed by atoms with E-state index < -0.39 is 0 Å². The second-order valence-corrected chi connectivity index (χ2v) is 5.58. The first-order valence-electron chi connectivity index (χ1n) is 8.52. The highest BCUT2D eigenvalue weighted by atomic mass is 16.5. The van der Waals surface area contributed by atoms with Crippen LogP contribution >= 0.6 is 0 Å². The van der Waals surface area contributed by atoms with E-state index >= 15 is 0 Å². The Morgan fingerprint density at radius 3 is 2.17 bits per heavy atom. The van der Waals surface area contributed by atoms with Gasteiger partial charge in [0.15, 0.2) is 5.96 Å². The summed E-state index contributed by atoms with van der Waals surface area (Å²) in [5.74, 6) is 0.694. The molecule has 0 atom stereocenters. The van der Waals surface area contributed by atoms with Gasteiger partial charge in [0.2, 0.25) is 0 Å². The molecule has 0 saturated carbocycles. The normalized spacial score (nSPS) is 11.7. The van der Waals surface area contributed by atoms with Gasteiger partial charge in [0.25, 0.3) is 0 Å². The summed E-state index contributed by atoms with van der Waals surface area (Å²) in [5.41, 5.74) is 8.48. The third kappa shape index (κ3) is 6.05. The van der Waals surface area contributed by atoms with Gasteiger partial charge in [-0.15, -0.1) is 0 Å². The molecule has 0 amide bonds. The third-order valence-electron chi connectivity index (χ3n) is 3.82. The first kappa shape index (κ1) is 18.0. The zero-order valence-corrected chi connectivity index (χ0v) is 14.3. The van der Waals surface area contributed by atoms with E-state index in [1.165, 1.54) is 11.1 Å². The Labute approximate surface area is 144 Å². The van der Waals surface area contributed by atoms with Gasteiger partial charge in [0.1, 0.15) is 0 Å². The second kappa shape index (κ2) is 10.4. The quantitative estimate of drug-likeness (QED) is 0.423. The van der Waals surface area contributed by atoms with Gasteiger partial charge in [0, 0.05) is 25.7 Å². The Balaban J connectivity index is 1.97. The summed E-state index contributed by atoms with van der Waals surface area (Å²) in [6.07, 6.45) is 0.921. The number of nitrogens with one attached hydrogen (secondary N) is 1. The molecule has 2 rings (SSSR count). The Hall–Kier alpha value is -2.33. The molecule has 0 aliphatic rings. The van der Waals surface area contributed by atoms with Crippen molar-refractivity contribution in [2.75, 3.05) is 26.3 Å². The van der Waals surface area contributed by atoms with E-state index in [1.807, 2.05) is 19.1 Å². The van der Waals surface area contributed by atoms with Gasteiger partial charge in [-0.2, -0.15) is 0 Å². The van der Waals surface area contributed by atoms with Crippen molar-refractivity contribution in [2.24, 2.45) is 10.7 Å². The van der Waals surface area contributed by atoms with Crippen molar-refractivity contribution in [1.82, 2.24) is 5.32 Å². The molecule has 3 N–H and O–H groups in total. The molecule has 0 aromatic heterocycles. The van der Waals surface area contributed by atoms with E-state index in [0.29, 0.717) is 12.5 Å². The van der Waals surface area contributed by atoms with Crippen LogP contribution in [-0.2, 0) is 4.74 Å². The SMILES string of the molecule is CCOCCCNC(N)=NCC(c1ccccc1)c1ccccc1. The summed E-state index contributed by atoms with van der Waals surface area (Å²) in [6, 6.07) is 20.9. The molecular formula is C20H27N3O. The van der Waals surface area contributed by atoms with Gasteiger partial charge in [-0.3, -0.25) is 4.99 Å². The van der Waals surface area contributed by atoms with E-state index in [4.69, 9.17) is 10.5 Å². The highest BCUT2D eigenvalue weighted by Gasteiger charge is 2.13. The molecule has 0 fully saturated rings. The molecule has 0 radical (unpaired) electrons.